The van der Waals surface area contributed by atoms with Crippen LogP contribution in [0.5, 0.6) is 0 Å². The van der Waals surface area contributed by atoms with Gasteiger partial charge in [0.2, 0.25) is 11.7 Å². The Bertz CT molecular complexity index is 982. The molecule has 4 rings (SSSR count). The topological polar surface area (TPSA) is 73.0 Å². The van der Waals surface area contributed by atoms with Crippen LogP contribution < -0.4 is 5.32 Å². The van der Waals surface area contributed by atoms with Gasteiger partial charge < -0.3 is 9.73 Å². The predicted molar refractivity (Wildman–Crippen MR) is 121 cm³/mol. The van der Waals surface area contributed by atoms with Crippen LogP contribution in [0.25, 0.3) is 11.6 Å². The highest BCUT2D eigenvalue weighted by molar-refractivity contribution is 9.10. The number of amides is 1. The van der Waals surface area contributed by atoms with Gasteiger partial charge in [-0.05, 0) is 53.4 Å². The first-order valence-electron chi connectivity index (χ1n) is 10.3. The summed E-state index contributed by atoms with van der Waals surface area (Å²) in [5.41, 5.74) is 1.13. The number of nitrogens with zero attached hydrogens (tertiary/aromatic N) is 3. The number of carbonyl (C=O) groups excluding carboxylic acids is 1. The molecular weight excluding hydrogens is 464 g/mol. The van der Waals surface area contributed by atoms with E-state index in [-0.39, 0.29) is 11.2 Å². The predicted octanol–water partition coefficient (Wildman–Crippen LogP) is 5.28. The fourth-order valence-electron chi connectivity index (χ4n) is 3.68. The van der Waals surface area contributed by atoms with Gasteiger partial charge in [0, 0.05) is 6.04 Å². The van der Waals surface area contributed by atoms with Gasteiger partial charge in [-0.2, -0.15) is 0 Å². The lowest BCUT2D eigenvalue weighted by Crippen LogP contribution is -2.40. The molecule has 0 radical (unpaired) electrons. The second-order valence-electron chi connectivity index (χ2n) is 7.59. The minimum Gasteiger partial charge on any atom is -0.446 e. The number of thioether (sulfide) groups is 1. The lowest BCUT2D eigenvalue weighted by Gasteiger charge is -2.24. The molecule has 0 bridgehead atoms. The minimum atomic E-state index is -0.262. The summed E-state index contributed by atoms with van der Waals surface area (Å²) in [6.45, 7) is 2.52. The molecule has 1 aliphatic carbocycles. The van der Waals surface area contributed by atoms with E-state index in [9.17, 15) is 4.79 Å². The highest BCUT2D eigenvalue weighted by Gasteiger charge is 2.24. The highest BCUT2D eigenvalue weighted by atomic mass is 79.9. The van der Waals surface area contributed by atoms with Crippen LogP contribution in [0, 0.1) is 0 Å². The maximum atomic E-state index is 12.8. The average Bonchev–Trinajstić information content (AvgIpc) is 3.35. The summed E-state index contributed by atoms with van der Waals surface area (Å²) in [5.74, 6) is 1.34. The third kappa shape index (κ3) is 5.16. The first-order chi connectivity index (χ1) is 14.6. The summed E-state index contributed by atoms with van der Waals surface area (Å²) >= 11 is 4.78. The third-order valence-electron chi connectivity index (χ3n) is 5.30. The summed E-state index contributed by atoms with van der Waals surface area (Å²) < 4.78 is 8.37. The lowest BCUT2D eigenvalue weighted by molar-refractivity contribution is -0.121. The molecule has 1 fully saturated rings. The van der Waals surface area contributed by atoms with E-state index in [1.807, 2.05) is 41.8 Å². The Morgan fingerprint density at radius 3 is 2.67 bits per heavy atom. The quantitative estimate of drug-likeness (QED) is 0.458. The van der Waals surface area contributed by atoms with Crippen LogP contribution >= 0.6 is 27.7 Å². The lowest BCUT2D eigenvalue weighted by atomic mass is 9.95. The number of aromatic nitrogens is 3. The number of hydrogen-bond donors (Lipinski definition) is 1. The van der Waals surface area contributed by atoms with Crippen molar-refractivity contribution in [2.75, 3.05) is 0 Å². The summed E-state index contributed by atoms with van der Waals surface area (Å²) in [6.07, 6.45) is 5.81. The van der Waals surface area contributed by atoms with Crippen LogP contribution in [0.3, 0.4) is 0 Å². The van der Waals surface area contributed by atoms with Crippen molar-refractivity contribution in [3.05, 3.63) is 52.7 Å². The van der Waals surface area contributed by atoms with Gasteiger partial charge in [0.25, 0.3) is 0 Å². The zero-order chi connectivity index (χ0) is 20.9. The van der Waals surface area contributed by atoms with E-state index in [2.05, 4.69) is 43.6 Å². The van der Waals surface area contributed by atoms with Crippen LogP contribution in [-0.4, -0.2) is 32.0 Å². The van der Waals surface area contributed by atoms with E-state index < -0.39 is 0 Å². The molecule has 158 valence electrons. The Balaban J connectivity index is 1.54. The van der Waals surface area contributed by atoms with E-state index in [4.69, 9.17) is 4.42 Å². The maximum absolute atomic E-state index is 12.8. The summed E-state index contributed by atoms with van der Waals surface area (Å²) in [6, 6.07) is 14.1. The summed E-state index contributed by atoms with van der Waals surface area (Å²) in [5, 5.41) is 12.4. The number of furan rings is 1. The van der Waals surface area contributed by atoms with Crippen LogP contribution in [0.4, 0.5) is 0 Å². The van der Waals surface area contributed by atoms with Crippen LogP contribution in [0.15, 0.2) is 56.7 Å². The Hall–Kier alpha value is -2.06. The van der Waals surface area contributed by atoms with E-state index in [1.54, 1.807) is 0 Å². The van der Waals surface area contributed by atoms with Crippen LogP contribution in [-0.2, 0) is 11.3 Å². The SMILES string of the molecule is C[C@@H](Sc1nnc(-c2ccc(Br)o2)n1Cc1ccccc1)C(=O)NC1CCCCC1. The van der Waals surface area contributed by atoms with Crippen molar-refractivity contribution in [1.82, 2.24) is 20.1 Å². The molecule has 1 saturated carbocycles. The number of halogens is 1. The monoisotopic (exact) mass is 488 g/mol. The molecule has 0 aliphatic heterocycles. The molecule has 1 atom stereocenters. The largest absolute Gasteiger partial charge is 0.446 e. The second kappa shape index (κ2) is 9.83. The van der Waals surface area contributed by atoms with Gasteiger partial charge in [-0.1, -0.05) is 61.4 Å². The van der Waals surface area contributed by atoms with Gasteiger partial charge in [0.15, 0.2) is 15.6 Å². The minimum absolute atomic E-state index is 0.0588. The van der Waals surface area contributed by atoms with Crippen molar-refractivity contribution in [2.45, 2.75) is 62.0 Å². The molecule has 1 amide bonds. The Morgan fingerprint density at radius 2 is 1.97 bits per heavy atom. The Kier molecular flexibility index (Phi) is 6.94. The van der Waals surface area contributed by atoms with Gasteiger partial charge in [-0.3, -0.25) is 9.36 Å². The number of carbonyl (C=O) groups is 1. The third-order valence-corrected chi connectivity index (χ3v) is 6.80. The molecule has 2 aromatic heterocycles. The van der Waals surface area contributed by atoms with Crippen molar-refractivity contribution in [1.29, 1.82) is 0 Å². The zero-order valence-electron chi connectivity index (χ0n) is 16.9. The normalized spacial score (nSPS) is 15.8. The number of benzene rings is 1. The molecule has 6 nitrogen and oxygen atoms in total. The van der Waals surface area contributed by atoms with Crippen molar-refractivity contribution in [3.63, 3.8) is 0 Å². The highest BCUT2D eigenvalue weighted by Crippen LogP contribution is 2.30. The van der Waals surface area contributed by atoms with Crippen molar-refractivity contribution in [2.24, 2.45) is 0 Å². The smallest absolute Gasteiger partial charge is 0.233 e. The average molecular weight is 489 g/mol. The molecule has 30 heavy (non-hydrogen) atoms. The maximum Gasteiger partial charge on any atom is 0.233 e. The molecule has 0 saturated heterocycles. The van der Waals surface area contributed by atoms with Crippen molar-refractivity contribution >= 4 is 33.6 Å². The van der Waals surface area contributed by atoms with E-state index in [1.165, 1.54) is 31.0 Å². The molecule has 0 spiro atoms. The summed E-state index contributed by atoms with van der Waals surface area (Å²) in [4.78, 5) is 12.8. The second-order valence-corrected chi connectivity index (χ2v) is 9.67. The fourth-order valence-corrected chi connectivity index (χ4v) is 4.84. The number of nitrogens with one attached hydrogen (secondary N) is 1. The van der Waals surface area contributed by atoms with Crippen LogP contribution in [0.2, 0.25) is 0 Å². The number of hydrogen-bond acceptors (Lipinski definition) is 5. The van der Waals surface area contributed by atoms with E-state index >= 15 is 0 Å². The molecule has 1 aromatic carbocycles. The van der Waals surface area contributed by atoms with E-state index in [0.717, 1.165) is 18.4 Å². The molecule has 0 unspecified atom stereocenters. The first-order valence-corrected chi connectivity index (χ1v) is 12.0. The Morgan fingerprint density at radius 1 is 1.20 bits per heavy atom. The van der Waals surface area contributed by atoms with Gasteiger partial charge in [-0.25, -0.2) is 0 Å². The Labute approximate surface area is 189 Å². The summed E-state index contributed by atoms with van der Waals surface area (Å²) in [7, 11) is 0. The van der Waals surface area contributed by atoms with Crippen molar-refractivity contribution in [3.8, 4) is 11.6 Å². The van der Waals surface area contributed by atoms with Gasteiger partial charge in [0.1, 0.15) is 0 Å². The molecule has 1 aliphatic rings. The molecule has 8 heteroatoms. The zero-order valence-corrected chi connectivity index (χ0v) is 19.3. The van der Waals surface area contributed by atoms with Gasteiger partial charge in [-0.15, -0.1) is 10.2 Å². The van der Waals surface area contributed by atoms with Crippen LogP contribution in [0.1, 0.15) is 44.6 Å². The molecule has 2 heterocycles. The van der Waals surface area contributed by atoms with Crippen molar-refractivity contribution < 1.29 is 9.21 Å². The van der Waals surface area contributed by atoms with Gasteiger partial charge in [0.05, 0.1) is 11.8 Å². The van der Waals surface area contributed by atoms with E-state index in [0.29, 0.717) is 34.0 Å². The van der Waals surface area contributed by atoms with Gasteiger partial charge >= 0.3 is 0 Å². The number of rotatable bonds is 7. The molecule has 3 aromatic rings. The first kappa shape index (κ1) is 21.2. The molecular formula is C22H25BrN4O2S. The standard InChI is InChI=1S/C22H25BrN4O2S/c1-15(21(28)24-17-10-6-3-7-11-17)30-22-26-25-20(18-12-13-19(23)29-18)27(22)14-16-8-4-2-5-9-16/h2,4-5,8-9,12-13,15,17H,3,6-7,10-11,14H2,1H3,(H,24,28)/t15-/m1/s1. The fraction of sp³-hybridized carbons (Fsp3) is 0.409. The molecule has 1 N–H and O–H groups in total.